The zero-order valence-electron chi connectivity index (χ0n) is 10.3. The van der Waals surface area contributed by atoms with E-state index in [4.69, 9.17) is 0 Å². The first-order chi connectivity index (χ1) is 6.58. The largest absolute Gasteiger partial charge is 0.0828 e. The minimum atomic E-state index is 0.861. The molecule has 1 fully saturated rings. The second kappa shape index (κ2) is 5.58. The van der Waals surface area contributed by atoms with Crippen molar-refractivity contribution < 1.29 is 0 Å². The Kier molecular flexibility index (Phi) is 4.71. The Labute approximate surface area is 89.8 Å². The first-order valence-electron chi connectivity index (χ1n) is 6.25. The van der Waals surface area contributed by atoms with E-state index < -0.39 is 0 Å². The topological polar surface area (TPSA) is 0 Å². The molecule has 2 aliphatic carbocycles. The van der Waals surface area contributed by atoms with E-state index in [0.717, 1.165) is 17.8 Å². The SMILES string of the molecule is CC1=CC(C)CC1.CC1CCC(C)C1. The van der Waals surface area contributed by atoms with Crippen LogP contribution in [0, 0.1) is 17.8 Å². The summed E-state index contributed by atoms with van der Waals surface area (Å²) in [7, 11) is 0. The molecule has 0 aromatic heterocycles. The molecule has 3 atom stereocenters. The minimum absolute atomic E-state index is 0.861. The molecule has 14 heavy (non-hydrogen) atoms. The van der Waals surface area contributed by atoms with Gasteiger partial charge in [-0.15, -0.1) is 0 Å². The van der Waals surface area contributed by atoms with Crippen molar-refractivity contribution >= 4 is 0 Å². The maximum Gasteiger partial charge on any atom is -0.0256 e. The van der Waals surface area contributed by atoms with Crippen molar-refractivity contribution in [3.05, 3.63) is 11.6 Å². The molecule has 0 nitrogen and oxygen atoms in total. The fourth-order valence-electron chi connectivity index (χ4n) is 2.60. The quantitative estimate of drug-likeness (QED) is 0.486. The predicted molar refractivity (Wildman–Crippen MR) is 64.3 cm³/mol. The van der Waals surface area contributed by atoms with Crippen molar-refractivity contribution in [2.45, 2.75) is 59.8 Å². The van der Waals surface area contributed by atoms with Gasteiger partial charge in [0, 0.05) is 0 Å². The highest BCUT2D eigenvalue weighted by Crippen LogP contribution is 2.29. The van der Waals surface area contributed by atoms with Crippen LogP contribution in [-0.2, 0) is 0 Å². The van der Waals surface area contributed by atoms with Gasteiger partial charge < -0.3 is 0 Å². The average Bonchev–Trinajstić information content (AvgIpc) is 2.63. The predicted octanol–water partition coefficient (Wildman–Crippen LogP) is 4.81. The Morgan fingerprint density at radius 2 is 1.57 bits per heavy atom. The summed E-state index contributed by atoms with van der Waals surface area (Å²) in [6.07, 6.45) is 9.50. The molecule has 0 heterocycles. The van der Waals surface area contributed by atoms with E-state index >= 15 is 0 Å². The Balaban J connectivity index is 0.000000140. The molecule has 82 valence electrons. The lowest BCUT2D eigenvalue weighted by Gasteiger charge is -1.96. The van der Waals surface area contributed by atoms with E-state index in [1.165, 1.54) is 32.1 Å². The van der Waals surface area contributed by atoms with E-state index in [-0.39, 0.29) is 0 Å². The lowest BCUT2D eigenvalue weighted by atomic mass is 10.1. The third-order valence-electron chi connectivity index (χ3n) is 3.52. The van der Waals surface area contributed by atoms with Crippen molar-refractivity contribution in [3.63, 3.8) is 0 Å². The minimum Gasteiger partial charge on any atom is -0.0828 e. The maximum atomic E-state index is 2.36. The maximum absolute atomic E-state index is 2.36. The smallest absolute Gasteiger partial charge is 0.0256 e. The molecule has 2 rings (SSSR count). The highest BCUT2D eigenvalue weighted by atomic mass is 14.2. The van der Waals surface area contributed by atoms with Crippen molar-refractivity contribution in [2.75, 3.05) is 0 Å². The molecule has 0 aromatic carbocycles. The van der Waals surface area contributed by atoms with E-state index in [0.29, 0.717) is 0 Å². The van der Waals surface area contributed by atoms with E-state index in [1.807, 2.05) is 0 Å². The number of rotatable bonds is 0. The van der Waals surface area contributed by atoms with E-state index in [2.05, 4.69) is 33.8 Å². The van der Waals surface area contributed by atoms with Gasteiger partial charge in [0.15, 0.2) is 0 Å². The van der Waals surface area contributed by atoms with Crippen LogP contribution in [0.3, 0.4) is 0 Å². The zero-order valence-corrected chi connectivity index (χ0v) is 10.3. The molecular formula is C14H26. The van der Waals surface area contributed by atoms with Gasteiger partial charge in [-0.3, -0.25) is 0 Å². The van der Waals surface area contributed by atoms with Crippen molar-refractivity contribution in [3.8, 4) is 0 Å². The van der Waals surface area contributed by atoms with Crippen LogP contribution in [-0.4, -0.2) is 0 Å². The van der Waals surface area contributed by atoms with Crippen LogP contribution in [0.15, 0.2) is 11.6 Å². The molecule has 0 spiro atoms. The Morgan fingerprint density at radius 1 is 1.00 bits per heavy atom. The molecule has 0 N–H and O–H groups in total. The summed E-state index contributed by atoms with van der Waals surface area (Å²) in [6.45, 7) is 9.19. The summed E-state index contributed by atoms with van der Waals surface area (Å²) in [5.74, 6) is 2.91. The Morgan fingerprint density at radius 3 is 1.71 bits per heavy atom. The Bertz CT molecular complexity index is 182. The summed E-state index contributed by atoms with van der Waals surface area (Å²) in [6, 6.07) is 0. The fourth-order valence-corrected chi connectivity index (χ4v) is 2.60. The van der Waals surface area contributed by atoms with Gasteiger partial charge in [-0.1, -0.05) is 45.3 Å². The van der Waals surface area contributed by atoms with Crippen LogP contribution >= 0.6 is 0 Å². The molecule has 0 aliphatic heterocycles. The normalized spacial score (nSPS) is 36.3. The van der Waals surface area contributed by atoms with Gasteiger partial charge in [-0.05, 0) is 43.9 Å². The zero-order chi connectivity index (χ0) is 10.6. The first kappa shape index (κ1) is 11.8. The van der Waals surface area contributed by atoms with Gasteiger partial charge in [0.2, 0.25) is 0 Å². The molecular weight excluding hydrogens is 168 g/mol. The van der Waals surface area contributed by atoms with Gasteiger partial charge in [-0.25, -0.2) is 0 Å². The molecule has 1 saturated carbocycles. The molecule has 2 aliphatic rings. The second-order valence-electron chi connectivity index (χ2n) is 5.55. The highest BCUT2D eigenvalue weighted by Gasteiger charge is 2.15. The van der Waals surface area contributed by atoms with Gasteiger partial charge in [0.1, 0.15) is 0 Å². The van der Waals surface area contributed by atoms with Crippen LogP contribution in [0.25, 0.3) is 0 Å². The standard InChI is InChI=1S/C7H14.C7H12/c2*1-6-3-4-7(2)5-6/h6-7H,3-5H2,1-2H3;5-6H,3-4H2,1-2H3. The van der Waals surface area contributed by atoms with Crippen molar-refractivity contribution in [1.29, 1.82) is 0 Å². The van der Waals surface area contributed by atoms with Gasteiger partial charge >= 0.3 is 0 Å². The summed E-state index contributed by atoms with van der Waals surface area (Å²) in [5, 5.41) is 0. The summed E-state index contributed by atoms with van der Waals surface area (Å²) in [4.78, 5) is 0. The molecule has 0 aromatic rings. The summed E-state index contributed by atoms with van der Waals surface area (Å²) < 4.78 is 0. The second-order valence-corrected chi connectivity index (χ2v) is 5.55. The van der Waals surface area contributed by atoms with Crippen LogP contribution in [0.1, 0.15) is 59.8 Å². The third kappa shape index (κ3) is 4.30. The first-order valence-corrected chi connectivity index (χ1v) is 6.25. The van der Waals surface area contributed by atoms with E-state index in [9.17, 15) is 0 Å². The number of hydrogen-bond acceptors (Lipinski definition) is 0. The monoisotopic (exact) mass is 194 g/mol. The van der Waals surface area contributed by atoms with Crippen LogP contribution in [0.2, 0.25) is 0 Å². The molecule has 0 heteroatoms. The molecule has 0 saturated heterocycles. The molecule has 3 unspecified atom stereocenters. The molecule has 0 radical (unpaired) electrons. The summed E-state index contributed by atoms with van der Waals surface area (Å²) in [5.41, 5.74) is 1.58. The van der Waals surface area contributed by atoms with Gasteiger partial charge in [0.05, 0.1) is 0 Å². The van der Waals surface area contributed by atoms with Gasteiger partial charge in [0.25, 0.3) is 0 Å². The van der Waals surface area contributed by atoms with Crippen molar-refractivity contribution in [2.24, 2.45) is 17.8 Å². The lowest BCUT2D eigenvalue weighted by molar-refractivity contribution is 0.555. The summed E-state index contributed by atoms with van der Waals surface area (Å²) >= 11 is 0. The Hall–Kier alpha value is -0.260. The van der Waals surface area contributed by atoms with E-state index in [1.54, 1.807) is 5.57 Å². The average molecular weight is 194 g/mol. The van der Waals surface area contributed by atoms with Crippen molar-refractivity contribution in [1.82, 2.24) is 0 Å². The van der Waals surface area contributed by atoms with Gasteiger partial charge in [-0.2, -0.15) is 0 Å². The van der Waals surface area contributed by atoms with Crippen LogP contribution in [0.4, 0.5) is 0 Å². The fraction of sp³-hybridized carbons (Fsp3) is 0.857. The lowest BCUT2D eigenvalue weighted by Crippen LogP contribution is -1.84. The number of hydrogen-bond donors (Lipinski definition) is 0. The highest BCUT2D eigenvalue weighted by molar-refractivity contribution is 5.06. The molecule has 0 amide bonds. The number of allylic oxidation sites excluding steroid dienone is 2. The van der Waals surface area contributed by atoms with Crippen LogP contribution < -0.4 is 0 Å². The van der Waals surface area contributed by atoms with Crippen LogP contribution in [0.5, 0.6) is 0 Å². The molecule has 0 bridgehead atoms. The third-order valence-corrected chi connectivity index (χ3v) is 3.52.